The van der Waals surface area contributed by atoms with E-state index in [1.807, 2.05) is 38.1 Å². The Balaban J connectivity index is 1.77. The minimum absolute atomic E-state index is 0.393. The second-order valence-electron chi connectivity index (χ2n) is 5.36. The van der Waals surface area contributed by atoms with E-state index in [1.54, 1.807) is 12.5 Å². The van der Waals surface area contributed by atoms with Gasteiger partial charge in [-0.15, -0.1) is 0 Å². The van der Waals surface area contributed by atoms with E-state index >= 15 is 0 Å². The lowest BCUT2D eigenvalue weighted by Gasteiger charge is -2.09. The molecule has 0 unspecified atom stereocenters. The van der Waals surface area contributed by atoms with Crippen LogP contribution in [-0.2, 0) is 13.1 Å². The maximum atomic E-state index is 5.23. The maximum absolute atomic E-state index is 5.23. The topological polar surface area (TPSA) is 99.1 Å². The van der Waals surface area contributed by atoms with E-state index in [2.05, 4.69) is 31.7 Å². The first-order valence-corrected chi connectivity index (χ1v) is 9.13. The largest absolute Gasteiger partial charge is 0.467 e. The fourth-order valence-corrected chi connectivity index (χ4v) is 2.21. The van der Waals surface area contributed by atoms with Crippen LogP contribution in [0.3, 0.4) is 0 Å². The number of nitrogens with zero attached hydrogens (tertiary/aromatic N) is 2. The highest BCUT2D eigenvalue weighted by molar-refractivity contribution is 7.80. The van der Waals surface area contributed by atoms with E-state index < -0.39 is 0 Å². The van der Waals surface area contributed by atoms with Gasteiger partial charge >= 0.3 is 0 Å². The van der Waals surface area contributed by atoms with E-state index in [9.17, 15) is 0 Å². The molecule has 0 aliphatic heterocycles. The van der Waals surface area contributed by atoms with Crippen molar-refractivity contribution in [1.82, 2.24) is 21.5 Å². The van der Waals surface area contributed by atoms with Crippen molar-refractivity contribution in [3.8, 4) is 0 Å². The number of nitrogens with one attached hydrogen (secondary N) is 4. The molecule has 4 N–H and O–H groups in total. The van der Waals surface area contributed by atoms with Gasteiger partial charge in [-0.05, 0) is 62.0 Å². The molecule has 0 radical (unpaired) electrons. The third-order valence-corrected chi connectivity index (χ3v) is 3.85. The lowest BCUT2D eigenvalue weighted by Crippen LogP contribution is -2.34. The Labute approximate surface area is 168 Å². The van der Waals surface area contributed by atoms with Crippen molar-refractivity contribution in [2.24, 2.45) is 10.2 Å². The lowest BCUT2D eigenvalue weighted by atomic mass is 10.2. The molecule has 144 valence electrons. The number of thiocarbonyl (C=S) groups is 2. The van der Waals surface area contributed by atoms with Crippen molar-refractivity contribution in [1.29, 1.82) is 0 Å². The van der Waals surface area contributed by atoms with Crippen LogP contribution in [0.25, 0.3) is 0 Å². The first kappa shape index (κ1) is 20.6. The number of furan rings is 2. The van der Waals surface area contributed by atoms with Crippen LogP contribution < -0.4 is 21.5 Å². The summed E-state index contributed by atoms with van der Waals surface area (Å²) in [6.45, 7) is 4.79. The number of hydrogen-bond donors (Lipinski definition) is 4. The van der Waals surface area contributed by atoms with Crippen LogP contribution in [0.1, 0.15) is 31.8 Å². The van der Waals surface area contributed by atoms with E-state index in [4.69, 9.17) is 33.3 Å². The predicted molar refractivity (Wildman–Crippen MR) is 113 cm³/mol. The lowest BCUT2D eigenvalue weighted by molar-refractivity contribution is 0.502. The van der Waals surface area contributed by atoms with Crippen molar-refractivity contribution < 1.29 is 8.83 Å². The van der Waals surface area contributed by atoms with Crippen LogP contribution in [0.2, 0.25) is 0 Å². The molecule has 0 atom stereocenters. The van der Waals surface area contributed by atoms with Crippen molar-refractivity contribution in [3.05, 3.63) is 48.3 Å². The van der Waals surface area contributed by atoms with E-state index in [1.165, 1.54) is 0 Å². The maximum Gasteiger partial charge on any atom is 0.187 e. The van der Waals surface area contributed by atoms with Gasteiger partial charge in [0, 0.05) is 0 Å². The molecule has 0 aromatic carbocycles. The summed E-state index contributed by atoms with van der Waals surface area (Å²) in [4.78, 5) is 0. The summed E-state index contributed by atoms with van der Waals surface area (Å²) in [6, 6.07) is 7.37. The zero-order valence-electron chi connectivity index (χ0n) is 15.1. The standard InChI is InChI=1S/C17H22N6O2S2/c1-3-15(21-23-17(27)19-11-14-7-5-9-25-14)12(2)20-22-16(26)18-10-13-6-4-8-24-13/h4-9H,3,10-11H2,1-2H3,(H2,18,22,26)(H2,19,23,27)/b20-12-,21-15+. The van der Waals surface area contributed by atoms with Crippen molar-refractivity contribution in [2.75, 3.05) is 0 Å². The Bertz CT molecular complexity index is 784. The highest BCUT2D eigenvalue weighted by Crippen LogP contribution is 1.99. The van der Waals surface area contributed by atoms with Gasteiger partial charge in [0.1, 0.15) is 11.5 Å². The van der Waals surface area contributed by atoms with Crippen molar-refractivity contribution in [2.45, 2.75) is 33.4 Å². The smallest absolute Gasteiger partial charge is 0.187 e. The molecular weight excluding hydrogens is 384 g/mol. The molecule has 0 saturated heterocycles. The summed E-state index contributed by atoms with van der Waals surface area (Å²) in [7, 11) is 0. The Kier molecular flexibility index (Phi) is 8.46. The molecule has 8 nitrogen and oxygen atoms in total. The van der Waals surface area contributed by atoms with E-state index in [0.29, 0.717) is 35.4 Å². The van der Waals surface area contributed by atoms with Gasteiger partial charge in [-0.3, -0.25) is 10.9 Å². The number of hydrazone groups is 2. The zero-order valence-corrected chi connectivity index (χ0v) is 16.7. The quantitative estimate of drug-likeness (QED) is 0.302. The molecule has 0 aliphatic carbocycles. The summed E-state index contributed by atoms with van der Waals surface area (Å²) in [5.41, 5.74) is 7.04. The molecule has 0 saturated carbocycles. The average Bonchev–Trinajstić information content (AvgIpc) is 3.37. The summed E-state index contributed by atoms with van der Waals surface area (Å²) in [6.07, 6.45) is 3.90. The SMILES string of the molecule is CCC(=N\NC(=S)NCc1ccco1)/C(C)=N\NC(=S)NCc1ccco1. The Morgan fingerprint density at radius 3 is 1.89 bits per heavy atom. The molecule has 2 aromatic heterocycles. The summed E-state index contributed by atoms with van der Waals surface area (Å²) in [5.74, 6) is 1.58. The average molecular weight is 407 g/mol. The summed E-state index contributed by atoms with van der Waals surface area (Å²) < 4.78 is 10.5. The predicted octanol–water partition coefficient (Wildman–Crippen LogP) is 2.64. The molecule has 2 aromatic rings. The molecule has 27 heavy (non-hydrogen) atoms. The summed E-state index contributed by atoms with van der Waals surface area (Å²) in [5, 5.41) is 15.3. The first-order valence-electron chi connectivity index (χ1n) is 8.32. The van der Waals surface area contributed by atoms with Crippen LogP contribution in [0.5, 0.6) is 0 Å². The van der Waals surface area contributed by atoms with Crippen molar-refractivity contribution in [3.63, 3.8) is 0 Å². The molecule has 0 aliphatic rings. The van der Waals surface area contributed by atoms with Gasteiger partial charge in [0.05, 0.1) is 37.0 Å². The highest BCUT2D eigenvalue weighted by Gasteiger charge is 2.04. The van der Waals surface area contributed by atoms with Crippen LogP contribution in [0.4, 0.5) is 0 Å². The fraction of sp³-hybridized carbons (Fsp3) is 0.294. The zero-order chi connectivity index (χ0) is 19.5. The number of hydrogen-bond acceptors (Lipinski definition) is 6. The molecule has 0 fully saturated rings. The molecule has 0 bridgehead atoms. The third kappa shape index (κ3) is 7.59. The van der Waals surface area contributed by atoms with Crippen LogP contribution >= 0.6 is 24.4 Å². The molecule has 0 amide bonds. The second-order valence-corrected chi connectivity index (χ2v) is 6.17. The minimum Gasteiger partial charge on any atom is -0.467 e. The molecule has 2 heterocycles. The van der Waals surface area contributed by atoms with Gasteiger partial charge in [-0.1, -0.05) is 6.92 Å². The molecule has 2 rings (SSSR count). The van der Waals surface area contributed by atoms with Gasteiger partial charge < -0.3 is 19.5 Å². The van der Waals surface area contributed by atoms with Crippen molar-refractivity contribution >= 4 is 46.1 Å². The van der Waals surface area contributed by atoms with Gasteiger partial charge in [0.25, 0.3) is 0 Å². The van der Waals surface area contributed by atoms with Gasteiger partial charge in [0.2, 0.25) is 0 Å². The van der Waals surface area contributed by atoms with Gasteiger partial charge in [-0.25, -0.2) is 0 Å². The minimum atomic E-state index is 0.393. The monoisotopic (exact) mass is 406 g/mol. The molecule has 10 heteroatoms. The summed E-state index contributed by atoms with van der Waals surface area (Å²) >= 11 is 10.4. The van der Waals surface area contributed by atoms with Gasteiger partial charge in [0.15, 0.2) is 10.2 Å². The Morgan fingerprint density at radius 1 is 0.926 bits per heavy atom. The highest BCUT2D eigenvalue weighted by atomic mass is 32.1. The Morgan fingerprint density at radius 2 is 1.44 bits per heavy atom. The second kappa shape index (κ2) is 11.1. The van der Waals surface area contributed by atoms with Gasteiger partial charge in [-0.2, -0.15) is 10.2 Å². The van der Waals surface area contributed by atoms with E-state index in [0.717, 1.165) is 17.2 Å². The molecule has 0 spiro atoms. The number of rotatable bonds is 8. The normalized spacial score (nSPS) is 11.8. The van der Waals surface area contributed by atoms with Crippen LogP contribution in [0, 0.1) is 0 Å². The Hall–Kier alpha value is -2.72. The fourth-order valence-electron chi connectivity index (χ4n) is 1.97. The van der Waals surface area contributed by atoms with Crippen LogP contribution in [-0.4, -0.2) is 21.6 Å². The first-order chi connectivity index (χ1) is 13.1. The molecular formula is C17H22N6O2S2. The third-order valence-electron chi connectivity index (χ3n) is 3.38. The van der Waals surface area contributed by atoms with E-state index in [-0.39, 0.29) is 0 Å². The van der Waals surface area contributed by atoms with Crippen LogP contribution in [0.15, 0.2) is 55.8 Å².